The van der Waals surface area contributed by atoms with Crippen LogP contribution >= 0.6 is 23.2 Å². The molecule has 11 heteroatoms. The molecule has 0 amide bonds. The first-order valence-corrected chi connectivity index (χ1v) is 12.7. The molecule has 0 saturated heterocycles. The highest BCUT2D eigenvalue weighted by Crippen LogP contribution is 2.38. The molecule has 0 radical (unpaired) electrons. The van der Waals surface area contributed by atoms with Crippen molar-refractivity contribution in [1.82, 2.24) is 25.9 Å². The molecule has 0 bridgehead atoms. The molecular formula is C26H27Cl2FN8. The van der Waals surface area contributed by atoms with Crippen LogP contribution in [0.2, 0.25) is 10.2 Å². The summed E-state index contributed by atoms with van der Waals surface area (Å²) in [7, 11) is 0. The van der Waals surface area contributed by atoms with Crippen molar-refractivity contribution in [2.45, 2.75) is 45.7 Å². The van der Waals surface area contributed by atoms with Crippen LogP contribution in [0.15, 0.2) is 42.4 Å². The number of pyridine rings is 2. The van der Waals surface area contributed by atoms with Crippen LogP contribution in [-0.2, 0) is 0 Å². The average molecular weight is 541 g/mol. The molecule has 4 N–H and O–H groups in total. The Morgan fingerprint density at radius 3 is 2.73 bits per heavy atom. The Morgan fingerprint density at radius 1 is 1.27 bits per heavy atom. The smallest absolute Gasteiger partial charge is 0.214 e. The molecule has 192 valence electrons. The molecule has 1 atom stereocenters. The topological polar surface area (TPSA) is 101 Å². The number of hydrogen-bond acceptors (Lipinski definition) is 8. The van der Waals surface area contributed by atoms with Crippen LogP contribution in [0.3, 0.4) is 0 Å². The van der Waals surface area contributed by atoms with E-state index < -0.39 is 12.0 Å². The Hall–Kier alpha value is -3.32. The number of halogens is 3. The zero-order valence-electron chi connectivity index (χ0n) is 20.7. The number of nitrogens with zero attached hydrogens (tertiary/aromatic N) is 4. The quantitative estimate of drug-likeness (QED) is 0.275. The molecule has 2 aliphatic rings. The van der Waals surface area contributed by atoms with Crippen LogP contribution in [0.25, 0.3) is 10.9 Å². The van der Waals surface area contributed by atoms with Crippen molar-refractivity contribution < 1.29 is 4.39 Å². The minimum Gasteiger partial charge on any atom is -0.383 e. The summed E-state index contributed by atoms with van der Waals surface area (Å²) in [5.41, 5.74) is 10.1. The second kappa shape index (κ2) is 9.86. The first kappa shape index (κ1) is 25.3. The number of rotatable bonds is 7. The number of benzene rings is 1. The highest BCUT2D eigenvalue weighted by atomic mass is 35.5. The lowest BCUT2D eigenvalue weighted by molar-refractivity contribution is 0.260. The number of fused-ring (bicyclic) bond motifs is 1. The Kier molecular flexibility index (Phi) is 6.75. The van der Waals surface area contributed by atoms with E-state index in [0.717, 1.165) is 18.5 Å². The minimum atomic E-state index is -0.656. The first-order valence-electron chi connectivity index (χ1n) is 12.0. The molecule has 8 nitrogen and oxygen atoms in total. The fourth-order valence-corrected chi connectivity index (χ4v) is 4.66. The maximum absolute atomic E-state index is 13.8. The van der Waals surface area contributed by atoms with E-state index in [2.05, 4.69) is 58.4 Å². The summed E-state index contributed by atoms with van der Waals surface area (Å²) in [6, 6.07) is 8.72. The van der Waals surface area contributed by atoms with Crippen molar-refractivity contribution in [2.75, 3.05) is 17.2 Å². The van der Waals surface area contributed by atoms with Gasteiger partial charge in [0, 0.05) is 41.6 Å². The van der Waals surface area contributed by atoms with E-state index in [1.807, 2.05) is 17.3 Å². The molecule has 0 spiro atoms. The van der Waals surface area contributed by atoms with Crippen molar-refractivity contribution in [3.05, 3.63) is 69.6 Å². The summed E-state index contributed by atoms with van der Waals surface area (Å²) in [5, 5.41) is 19.9. The van der Waals surface area contributed by atoms with Gasteiger partial charge in [0.25, 0.3) is 0 Å². The van der Waals surface area contributed by atoms with E-state index in [1.165, 1.54) is 12.3 Å². The van der Waals surface area contributed by atoms with Gasteiger partial charge in [0.1, 0.15) is 11.2 Å². The molecule has 0 unspecified atom stereocenters. The lowest BCUT2D eigenvalue weighted by Crippen LogP contribution is -2.38. The number of nitriles is 1. The molecule has 5 rings (SSSR count). The molecule has 1 aromatic carbocycles. The summed E-state index contributed by atoms with van der Waals surface area (Å²) in [6.07, 6.45) is 5.72. The van der Waals surface area contributed by atoms with Gasteiger partial charge in [-0.05, 0) is 42.5 Å². The van der Waals surface area contributed by atoms with Crippen molar-refractivity contribution in [3.63, 3.8) is 0 Å². The highest BCUT2D eigenvalue weighted by Gasteiger charge is 2.33. The average Bonchev–Trinajstić information content (AvgIpc) is 3.57. The van der Waals surface area contributed by atoms with E-state index in [9.17, 15) is 9.65 Å². The monoisotopic (exact) mass is 540 g/mol. The second-order valence-electron chi connectivity index (χ2n) is 10.5. The fraction of sp³-hybridized carbons (Fsp3) is 0.346. The van der Waals surface area contributed by atoms with E-state index in [-0.39, 0.29) is 10.6 Å². The van der Waals surface area contributed by atoms with Gasteiger partial charge >= 0.3 is 0 Å². The van der Waals surface area contributed by atoms with Gasteiger partial charge in [-0.3, -0.25) is 9.99 Å². The Bertz CT molecular complexity index is 1420. The van der Waals surface area contributed by atoms with Crippen molar-refractivity contribution in [2.24, 2.45) is 5.41 Å². The number of hydrazine groups is 2. The molecule has 37 heavy (non-hydrogen) atoms. The van der Waals surface area contributed by atoms with Gasteiger partial charge < -0.3 is 16.1 Å². The summed E-state index contributed by atoms with van der Waals surface area (Å²) in [4.78, 5) is 8.25. The first-order chi connectivity index (χ1) is 17.6. The SMILES string of the molecule is CC(C)(C)CNc1c(C#N)cnc2c(Cl)cc(N[C@H](C3=CN(C4CC4)NN3)c3ccc(F)nc3Cl)cc12. The maximum Gasteiger partial charge on any atom is 0.214 e. The van der Waals surface area contributed by atoms with E-state index in [4.69, 9.17) is 23.2 Å². The zero-order chi connectivity index (χ0) is 26.3. The van der Waals surface area contributed by atoms with Gasteiger partial charge in [-0.15, -0.1) is 5.53 Å². The lowest BCUT2D eigenvalue weighted by Gasteiger charge is -2.24. The predicted molar refractivity (Wildman–Crippen MR) is 144 cm³/mol. The van der Waals surface area contributed by atoms with Crippen LogP contribution in [0.5, 0.6) is 0 Å². The van der Waals surface area contributed by atoms with E-state index in [1.54, 1.807) is 12.1 Å². The Morgan fingerprint density at radius 2 is 2.05 bits per heavy atom. The molecule has 1 fully saturated rings. The standard InChI is InChI=1S/C26H27Cl2FN8/c1-26(2,3)13-32-22-14(10-30)11-31-23-18(22)8-15(9-19(23)27)33-24(17-6-7-21(29)34-25(17)28)20-12-37(36-35-20)16-4-5-16/h6-9,11-12,16,24,33,35-36H,4-5,13H2,1-3H3,(H,31,32)/t24-/m0/s1. The van der Waals surface area contributed by atoms with Crippen molar-refractivity contribution in [3.8, 4) is 6.07 Å². The zero-order valence-corrected chi connectivity index (χ0v) is 22.2. The number of nitrogens with one attached hydrogen (secondary N) is 4. The summed E-state index contributed by atoms with van der Waals surface area (Å²) in [5.74, 6) is -0.656. The third kappa shape index (κ3) is 5.52. The van der Waals surface area contributed by atoms with Gasteiger partial charge in [-0.25, -0.2) is 4.98 Å². The third-order valence-corrected chi connectivity index (χ3v) is 6.76. The van der Waals surface area contributed by atoms with Crippen LogP contribution in [-0.4, -0.2) is 27.6 Å². The Balaban J connectivity index is 1.57. The van der Waals surface area contributed by atoms with Gasteiger partial charge in [-0.2, -0.15) is 9.65 Å². The molecule has 3 aromatic rings. The van der Waals surface area contributed by atoms with Crippen LogP contribution in [0.4, 0.5) is 15.8 Å². The van der Waals surface area contributed by atoms with E-state index in [0.29, 0.717) is 51.0 Å². The highest BCUT2D eigenvalue weighted by molar-refractivity contribution is 6.36. The maximum atomic E-state index is 13.8. The van der Waals surface area contributed by atoms with Crippen molar-refractivity contribution in [1.29, 1.82) is 5.26 Å². The van der Waals surface area contributed by atoms with Gasteiger partial charge in [-0.1, -0.05) is 44.0 Å². The number of anilines is 2. The lowest BCUT2D eigenvalue weighted by atomic mass is 9.96. The van der Waals surface area contributed by atoms with Crippen LogP contribution in [0.1, 0.15) is 50.8 Å². The minimum absolute atomic E-state index is 0.0134. The molecule has 2 aromatic heterocycles. The van der Waals surface area contributed by atoms with Gasteiger partial charge in [0.05, 0.1) is 33.5 Å². The fourth-order valence-electron chi connectivity index (χ4n) is 4.14. The number of aromatic nitrogens is 2. The largest absolute Gasteiger partial charge is 0.383 e. The van der Waals surface area contributed by atoms with Crippen LogP contribution in [0, 0.1) is 22.7 Å². The molecule has 1 saturated carbocycles. The normalized spacial score (nSPS) is 16.2. The molecule has 1 aliphatic carbocycles. The summed E-state index contributed by atoms with van der Waals surface area (Å²) >= 11 is 13.1. The van der Waals surface area contributed by atoms with Crippen LogP contribution < -0.4 is 21.6 Å². The van der Waals surface area contributed by atoms with Gasteiger partial charge in [0.15, 0.2) is 0 Å². The second-order valence-corrected chi connectivity index (χ2v) is 11.2. The number of hydrogen-bond donors (Lipinski definition) is 4. The molecular weight excluding hydrogens is 514 g/mol. The molecule has 3 heterocycles. The van der Waals surface area contributed by atoms with Gasteiger partial charge in [0.2, 0.25) is 5.95 Å². The predicted octanol–water partition coefficient (Wildman–Crippen LogP) is 5.89. The summed E-state index contributed by atoms with van der Waals surface area (Å²) < 4.78 is 13.8. The third-order valence-electron chi connectivity index (χ3n) is 6.17. The Labute approximate surface area is 224 Å². The van der Waals surface area contributed by atoms with E-state index >= 15 is 0 Å². The summed E-state index contributed by atoms with van der Waals surface area (Å²) in [6.45, 7) is 6.99. The van der Waals surface area contributed by atoms with Crippen molar-refractivity contribution >= 4 is 45.5 Å². The molecule has 1 aliphatic heterocycles.